The third-order valence-electron chi connectivity index (χ3n) is 1.72. The maximum absolute atomic E-state index is 11.2. The van der Waals surface area contributed by atoms with Gasteiger partial charge in [-0.05, 0) is 6.07 Å². The van der Waals surface area contributed by atoms with Gasteiger partial charge in [0, 0.05) is 20.3 Å². The highest BCUT2D eigenvalue weighted by Gasteiger charge is 2.10. The van der Waals surface area contributed by atoms with Gasteiger partial charge in [-0.25, -0.2) is 4.79 Å². The summed E-state index contributed by atoms with van der Waals surface area (Å²) in [6.07, 6.45) is 0.373. The molecule has 14 heavy (non-hydrogen) atoms. The SMILES string of the molecule is CNC(=O)c1cc(NC(=O)O)cn1C. The first-order valence-electron chi connectivity index (χ1n) is 3.93. The Morgan fingerprint density at radius 3 is 2.64 bits per heavy atom. The van der Waals surface area contributed by atoms with Crippen LogP contribution < -0.4 is 10.6 Å². The van der Waals surface area contributed by atoms with E-state index in [1.54, 1.807) is 11.6 Å². The lowest BCUT2D eigenvalue weighted by Gasteiger charge is -1.98. The van der Waals surface area contributed by atoms with Crippen molar-refractivity contribution in [3.8, 4) is 0 Å². The normalized spacial score (nSPS) is 9.57. The van der Waals surface area contributed by atoms with Crippen molar-refractivity contribution < 1.29 is 14.7 Å². The zero-order valence-electron chi connectivity index (χ0n) is 7.87. The Balaban J connectivity index is 2.93. The topological polar surface area (TPSA) is 83.4 Å². The Hall–Kier alpha value is -1.98. The summed E-state index contributed by atoms with van der Waals surface area (Å²) >= 11 is 0. The molecular formula is C8H11N3O3. The molecule has 3 N–H and O–H groups in total. The number of hydrogen-bond acceptors (Lipinski definition) is 2. The number of hydrogen-bond donors (Lipinski definition) is 3. The van der Waals surface area contributed by atoms with Gasteiger partial charge in [0.25, 0.3) is 5.91 Å². The second-order valence-corrected chi connectivity index (χ2v) is 2.73. The quantitative estimate of drug-likeness (QED) is 0.644. The second kappa shape index (κ2) is 3.82. The van der Waals surface area contributed by atoms with E-state index in [9.17, 15) is 9.59 Å². The van der Waals surface area contributed by atoms with Crippen molar-refractivity contribution >= 4 is 17.7 Å². The van der Waals surface area contributed by atoms with Gasteiger partial charge in [-0.1, -0.05) is 0 Å². The first-order chi connectivity index (χ1) is 6.54. The van der Waals surface area contributed by atoms with Crippen molar-refractivity contribution in [1.82, 2.24) is 9.88 Å². The molecule has 0 aliphatic heterocycles. The zero-order chi connectivity index (χ0) is 10.7. The number of carbonyl (C=O) groups is 2. The Morgan fingerprint density at radius 1 is 1.50 bits per heavy atom. The van der Waals surface area contributed by atoms with Crippen molar-refractivity contribution in [3.05, 3.63) is 18.0 Å². The van der Waals surface area contributed by atoms with E-state index in [1.165, 1.54) is 19.3 Å². The molecular weight excluding hydrogens is 186 g/mol. The molecule has 0 saturated heterocycles. The number of nitrogens with zero attached hydrogens (tertiary/aromatic N) is 1. The van der Waals surface area contributed by atoms with Crippen LogP contribution in [0, 0.1) is 0 Å². The van der Waals surface area contributed by atoms with Crippen molar-refractivity contribution in [2.45, 2.75) is 0 Å². The van der Waals surface area contributed by atoms with Crippen LogP contribution in [0.4, 0.5) is 10.5 Å². The smallest absolute Gasteiger partial charge is 0.409 e. The van der Waals surface area contributed by atoms with Crippen molar-refractivity contribution in [2.24, 2.45) is 7.05 Å². The lowest BCUT2D eigenvalue weighted by atomic mass is 10.4. The Kier molecular flexibility index (Phi) is 2.76. The first-order valence-corrected chi connectivity index (χ1v) is 3.93. The van der Waals surface area contributed by atoms with E-state index in [-0.39, 0.29) is 5.91 Å². The van der Waals surface area contributed by atoms with Gasteiger partial charge in [0.05, 0.1) is 5.69 Å². The molecule has 0 aromatic carbocycles. The fourth-order valence-corrected chi connectivity index (χ4v) is 1.11. The van der Waals surface area contributed by atoms with Crippen LogP contribution >= 0.6 is 0 Å². The highest BCUT2D eigenvalue weighted by molar-refractivity contribution is 5.94. The Labute approximate surface area is 80.5 Å². The average Bonchev–Trinajstić information content (AvgIpc) is 2.44. The fourth-order valence-electron chi connectivity index (χ4n) is 1.11. The third-order valence-corrected chi connectivity index (χ3v) is 1.72. The lowest BCUT2D eigenvalue weighted by molar-refractivity contribution is 0.0955. The molecule has 76 valence electrons. The van der Waals surface area contributed by atoms with E-state index in [4.69, 9.17) is 5.11 Å². The van der Waals surface area contributed by atoms with E-state index in [0.29, 0.717) is 11.4 Å². The molecule has 1 rings (SSSR count). The largest absolute Gasteiger partial charge is 0.465 e. The van der Waals surface area contributed by atoms with Gasteiger partial charge < -0.3 is 15.0 Å². The molecule has 1 aromatic rings. The molecule has 0 aliphatic carbocycles. The average molecular weight is 197 g/mol. The minimum Gasteiger partial charge on any atom is -0.465 e. The zero-order valence-corrected chi connectivity index (χ0v) is 7.87. The Bertz CT molecular complexity index is 370. The molecule has 2 amide bonds. The van der Waals surface area contributed by atoms with Crippen molar-refractivity contribution in [1.29, 1.82) is 0 Å². The van der Waals surface area contributed by atoms with Gasteiger partial charge >= 0.3 is 6.09 Å². The van der Waals surface area contributed by atoms with E-state index in [0.717, 1.165) is 0 Å². The molecule has 0 radical (unpaired) electrons. The summed E-state index contributed by atoms with van der Waals surface area (Å²) < 4.78 is 1.55. The number of anilines is 1. The maximum atomic E-state index is 11.2. The summed E-state index contributed by atoms with van der Waals surface area (Å²) in [4.78, 5) is 21.5. The van der Waals surface area contributed by atoms with Gasteiger partial charge in [-0.3, -0.25) is 10.1 Å². The van der Waals surface area contributed by atoms with Crippen LogP contribution in [-0.4, -0.2) is 28.7 Å². The number of rotatable bonds is 2. The monoisotopic (exact) mass is 197 g/mol. The third kappa shape index (κ3) is 2.03. The molecule has 0 atom stereocenters. The van der Waals surface area contributed by atoms with E-state index >= 15 is 0 Å². The predicted molar refractivity (Wildman–Crippen MR) is 50.5 cm³/mol. The number of nitrogens with one attached hydrogen (secondary N) is 2. The molecule has 0 fully saturated rings. The summed E-state index contributed by atoms with van der Waals surface area (Å²) in [6.45, 7) is 0. The van der Waals surface area contributed by atoms with Gasteiger partial charge in [-0.15, -0.1) is 0 Å². The Morgan fingerprint density at radius 2 is 2.14 bits per heavy atom. The van der Waals surface area contributed by atoms with Crippen molar-refractivity contribution in [3.63, 3.8) is 0 Å². The number of carboxylic acid groups (broad SMARTS) is 1. The van der Waals surface area contributed by atoms with Crippen molar-refractivity contribution in [2.75, 3.05) is 12.4 Å². The van der Waals surface area contributed by atoms with Crippen LogP contribution in [0.2, 0.25) is 0 Å². The van der Waals surface area contributed by atoms with Gasteiger partial charge in [0.15, 0.2) is 0 Å². The summed E-state index contributed by atoms with van der Waals surface area (Å²) in [6, 6.07) is 1.47. The van der Waals surface area contributed by atoms with Crippen LogP contribution in [0.3, 0.4) is 0 Å². The lowest BCUT2D eigenvalue weighted by Crippen LogP contribution is -2.20. The number of amides is 2. The summed E-state index contributed by atoms with van der Waals surface area (Å²) in [7, 11) is 3.18. The molecule has 0 bridgehead atoms. The number of aromatic nitrogens is 1. The van der Waals surface area contributed by atoms with Crippen LogP contribution in [0.25, 0.3) is 0 Å². The van der Waals surface area contributed by atoms with E-state index < -0.39 is 6.09 Å². The van der Waals surface area contributed by atoms with Gasteiger partial charge in [0.2, 0.25) is 0 Å². The first kappa shape index (κ1) is 10.1. The summed E-state index contributed by atoms with van der Waals surface area (Å²) in [5.74, 6) is -0.258. The van der Waals surface area contributed by atoms with E-state index in [1.807, 2.05) is 0 Å². The minimum atomic E-state index is -1.15. The fraction of sp³-hybridized carbons (Fsp3) is 0.250. The van der Waals surface area contributed by atoms with Gasteiger partial charge in [-0.2, -0.15) is 0 Å². The molecule has 1 heterocycles. The second-order valence-electron chi connectivity index (χ2n) is 2.73. The number of aryl methyl sites for hydroxylation is 1. The van der Waals surface area contributed by atoms with Crippen LogP contribution in [0.15, 0.2) is 12.3 Å². The standard InChI is InChI=1S/C8H11N3O3/c1-9-7(12)6-3-5(4-11(6)2)10-8(13)14/h3-4,10H,1-2H3,(H,9,12)(H,13,14). The highest BCUT2D eigenvalue weighted by Crippen LogP contribution is 2.12. The highest BCUT2D eigenvalue weighted by atomic mass is 16.4. The minimum absolute atomic E-state index is 0.258. The van der Waals surface area contributed by atoms with Crippen LogP contribution in [0.1, 0.15) is 10.5 Å². The molecule has 0 unspecified atom stereocenters. The number of carbonyl (C=O) groups excluding carboxylic acids is 1. The van der Waals surface area contributed by atoms with Gasteiger partial charge in [0.1, 0.15) is 5.69 Å². The molecule has 6 nitrogen and oxygen atoms in total. The molecule has 1 aromatic heterocycles. The predicted octanol–water partition coefficient (Wildman–Crippen LogP) is 0.475. The molecule has 0 saturated carbocycles. The summed E-state index contributed by atoms with van der Waals surface area (Å²) in [5, 5.41) is 13.1. The summed E-state index contributed by atoms with van der Waals surface area (Å²) in [5.41, 5.74) is 0.773. The van der Waals surface area contributed by atoms with Crippen LogP contribution in [-0.2, 0) is 7.05 Å². The van der Waals surface area contributed by atoms with E-state index in [2.05, 4.69) is 10.6 Å². The maximum Gasteiger partial charge on any atom is 0.409 e. The molecule has 0 aliphatic rings. The van der Waals surface area contributed by atoms with Crippen LogP contribution in [0.5, 0.6) is 0 Å². The molecule has 6 heteroatoms. The molecule has 0 spiro atoms.